The molecule has 1 aromatic rings. The summed E-state index contributed by atoms with van der Waals surface area (Å²) in [6, 6.07) is 8.43. The van der Waals surface area contributed by atoms with Gasteiger partial charge in [-0.1, -0.05) is 18.2 Å². The molecule has 1 aliphatic heterocycles. The van der Waals surface area contributed by atoms with Crippen LogP contribution in [0.15, 0.2) is 35.2 Å². The van der Waals surface area contributed by atoms with Gasteiger partial charge in [0.15, 0.2) is 0 Å². The summed E-state index contributed by atoms with van der Waals surface area (Å²) in [5.41, 5.74) is 0. The van der Waals surface area contributed by atoms with Crippen LogP contribution in [-0.2, 0) is 14.8 Å². The van der Waals surface area contributed by atoms with Crippen LogP contribution in [0.2, 0.25) is 0 Å². The quantitative estimate of drug-likeness (QED) is 0.877. The molecule has 2 fully saturated rings. The number of amides is 1. The first-order chi connectivity index (χ1) is 9.56. The summed E-state index contributed by atoms with van der Waals surface area (Å²) in [7, 11) is -3.55. The average Bonchev–Trinajstić information content (AvgIpc) is 3.21. The molecule has 0 aromatic heterocycles. The third kappa shape index (κ3) is 2.78. The van der Waals surface area contributed by atoms with Crippen LogP contribution in [0, 0.1) is 0 Å². The van der Waals surface area contributed by atoms with Crippen molar-refractivity contribution in [2.75, 3.05) is 13.1 Å². The van der Waals surface area contributed by atoms with Crippen LogP contribution in [0.25, 0.3) is 0 Å². The summed E-state index contributed by atoms with van der Waals surface area (Å²) in [5.74, 6) is 0. The van der Waals surface area contributed by atoms with Gasteiger partial charge < -0.3 is 9.64 Å². The Bertz CT molecular complexity index is 598. The maximum Gasteiger partial charge on any atom is 0.410 e. The summed E-state index contributed by atoms with van der Waals surface area (Å²) in [5, 5.41) is 0. The molecule has 1 aromatic carbocycles. The van der Waals surface area contributed by atoms with Gasteiger partial charge in [0.2, 0.25) is 10.0 Å². The molecule has 0 spiro atoms. The van der Waals surface area contributed by atoms with E-state index in [0.29, 0.717) is 12.6 Å². The van der Waals surface area contributed by atoms with E-state index in [4.69, 9.17) is 4.74 Å². The number of carbonyl (C=O) groups is 1. The van der Waals surface area contributed by atoms with Crippen molar-refractivity contribution >= 4 is 16.1 Å². The second kappa shape index (κ2) is 5.06. The van der Waals surface area contributed by atoms with Gasteiger partial charge >= 0.3 is 6.09 Å². The van der Waals surface area contributed by atoms with Crippen molar-refractivity contribution in [3.8, 4) is 0 Å². The lowest BCUT2D eigenvalue weighted by Gasteiger charge is -2.11. The highest BCUT2D eigenvalue weighted by molar-refractivity contribution is 7.89. The van der Waals surface area contributed by atoms with E-state index in [1.54, 1.807) is 23.1 Å². The Morgan fingerprint density at radius 1 is 1.25 bits per heavy atom. The predicted molar refractivity (Wildman–Crippen MR) is 71.6 cm³/mol. The zero-order chi connectivity index (χ0) is 14.2. The third-order valence-electron chi connectivity index (χ3n) is 3.44. The molecule has 6 nitrogen and oxygen atoms in total. The Hall–Kier alpha value is -1.60. The number of cyclic esters (lactones) is 1. The Kier molecular flexibility index (Phi) is 3.39. The highest BCUT2D eigenvalue weighted by atomic mass is 32.2. The van der Waals surface area contributed by atoms with Crippen LogP contribution < -0.4 is 4.72 Å². The fourth-order valence-electron chi connectivity index (χ4n) is 2.22. The molecule has 1 aliphatic carbocycles. The van der Waals surface area contributed by atoms with Crippen LogP contribution in [0.1, 0.15) is 12.8 Å². The van der Waals surface area contributed by atoms with Crippen LogP contribution in [0.3, 0.4) is 0 Å². The molecule has 3 rings (SSSR count). The van der Waals surface area contributed by atoms with E-state index in [0.717, 1.165) is 12.8 Å². The third-order valence-corrected chi connectivity index (χ3v) is 4.88. The van der Waals surface area contributed by atoms with Crippen LogP contribution in [0.5, 0.6) is 0 Å². The van der Waals surface area contributed by atoms with E-state index < -0.39 is 16.1 Å². The molecule has 1 amide bonds. The summed E-state index contributed by atoms with van der Waals surface area (Å²) < 4.78 is 31.7. The molecule has 1 atom stereocenters. The molecule has 20 heavy (non-hydrogen) atoms. The zero-order valence-corrected chi connectivity index (χ0v) is 11.7. The van der Waals surface area contributed by atoms with Gasteiger partial charge in [0.25, 0.3) is 0 Å². The first kappa shape index (κ1) is 13.4. The summed E-state index contributed by atoms with van der Waals surface area (Å²) >= 11 is 0. The lowest BCUT2D eigenvalue weighted by Crippen LogP contribution is -2.35. The maximum atomic E-state index is 12.0. The second-order valence-electron chi connectivity index (χ2n) is 5.05. The van der Waals surface area contributed by atoms with Crippen LogP contribution >= 0.6 is 0 Å². The van der Waals surface area contributed by atoms with E-state index >= 15 is 0 Å². The highest BCUT2D eigenvalue weighted by Gasteiger charge is 2.41. The number of sulfonamides is 1. The topological polar surface area (TPSA) is 75.7 Å². The van der Waals surface area contributed by atoms with Gasteiger partial charge in [-0.25, -0.2) is 17.9 Å². The summed E-state index contributed by atoms with van der Waals surface area (Å²) in [6.07, 6.45) is 1.27. The predicted octanol–water partition coefficient (Wildman–Crippen LogP) is 0.948. The average molecular weight is 296 g/mol. The number of hydrogen-bond acceptors (Lipinski definition) is 4. The first-order valence-corrected chi connectivity index (χ1v) is 8.06. The van der Waals surface area contributed by atoms with Gasteiger partial charge in [0.05, 0.1) is 11.4 Å². The van der Waals surface area contributed by atoms with E-state index in [9.17, 15) is 13.2 Å². The van der Waals surface area contributed by atoms with E-state index in [1.165, 1.54) is 12.1 Å². The van der Waals surface area contributed by atoms with Crippen LogP contribution in [0.4, 0.5) is 4.79 Å². The lowest BCUT2D eigenvalue weighted by atomic mass is 10.3. The molecule has 1 heterocycles. The monoisotopic (exact) mass is 296 g/mol. The number of nitrogens with one attached hydrogen (secondary N) is 1. The number of ether oxygens (including phenoxy) is 1. The van der Waals surface area contributed by atoms with Crippen LogP contribution in [-0.4, -0.2) is 44.6 Å². The minimum atomic E-state index is -3.55. The van der Waals surface area contributed by atoms with Gasteiger partial charge in [-0.05, 0) is 25.0 Å². The van der Waals surface area contributed by atoms with Crippen molar-refractivity contribution in [2.24, 2.45) is 0 Å². The fraction of sp³-hybridized carbons (Fsp3) is 0.462. The van der Waals surface area contributed by atoms with E-state index in [1.807, 2.05) is 0 Å². The van der Waals surface area contributed by atoms with Gasteiger partial charge in [-0.15, -0.1) is 0 Å². The largest absolute Gasteiger partial charge is 0.443 e. The Morgan fingerprint density at radius 2 is 1.95 bits per heavy atom. The van der Waals surface area contributed by atoms with E-state index in [-0.39, 0.29) is 17.5 Å². The molecule has 1 unspecified atom stereocenters. The molecule has 1 saturated carbocycles. The van der Waals surface area contributed by atoms with Gasteiger partial charge in [-0.3, -0.25) is 0 Å². The van der Waals surface area contributed by atoms with Crippen molar-refractivity contribution < 1.29 is 17.9 Å². The van der Waals surface area contributed by atoms with Crippen molar-refractivity contribution in [2.45, 2.75) is 29.9 Å². The number of carbonyl (C=O) groups excluding carboxylic acids is 1. The number of rotatable bonds is 5. The van der Waals surface area contributed by atoms with Crippen molar-refractivity contribution in [1.29, 1.82) is 0 Å². The zero-order valence-electron chi connectivity index (χ0n) is 10.9. The molecule has 0 bridgehead atoms. The number of hydrogen-bond donors (Lipinski definition) is 1. The van der Waals surface area contributed by atoms with Gasteiger partial charge in [0, 0.05) is 12.6 Å². The summed E-state index contributed by atoms with van der Waals surface area (Å²) in [6.45, 7) is 0.562. The van der Waals surface area contributed by atoms with Crippen molar-refractivity contribution in [3.63, 3.8) is 0 Å². The fourth-order valence-corrected chi connectivity index (χ4v) is 3.31. The van der Waals surface area contributed by atoms with Gasteiger partial charge in [-0.2, -0.15) is 0 Å². The van der Waals surface area contributed by atoms with Crippen molar-refractivity contribution in [3.05, 3.63) is 30.3 Å². The molecule has 0 radical (unpaired) electrons. The van der Waals surface area contributed by atoms with Gasteiger partial charge in [0.1, 0.15) is 6.10 Å². The smallest absolute Gasteiger partial charge is 0.410 e. The molecular formula is C13H16N2O4S. The number of benzene rings is 1. The Labute approximate surface area is 117 Å². The molecule has 2 aliphatic rings. The second-order valence-corrected chi connectivity index (χ2v) is 6.82. The molecular weight excluding hydrogens is 280 g/mol. The van der Waals surface area contributed by atoms with Crippen molar-refractivity contribution in [1.82, 2.24) is 9.62 Å². The molecule has 1 N–H and O–H groups in total. The first-order valence-electron chi connectivity index (χ1n) is 6.58. The summed E-state index contributed by atoms with van der Waals surface area (Å²) in [4.78, 5) is 13.5. The highest BCUT2D eigenvalue weighted by Crippen LogP contribution is 2.30. The minimum absolute atomic E-state index is 0.103. The Balaban J connectivity index is 1.59. The lowest BCUT2D eigenvalue weighted by molar-refractivity contribution is 0.133. The normalized spacial score (nSPS) is 22.9. The number of nitrogens with zero attached hydrogens (tertiary/aromatic N) is 1. The molecule has 7 heteroatoms. The maximum absolute atomic E-state index is 12.0. The molecule has 108 valence electrons. The Morgan fingerprint density at radius 3 is 2.60 bits per heavy atom. The molecule has 1 saturated heterocycles. The van der Waals surface area contributed by atoms with E-state index in [2.05, 4.69) is 4.72 Å². The standard InChI is InChI=1S/C13H16N2O4S/c16-13-15(10-6-7-10)9-11(19-13)8-14-20(17,18)12-4-2-1-3-5-12/h1-5,10-11,14H,6-9H2. The SMILES string of the molecule is O=C1OC(CNS(=O)(=O)c2ccccc2)CN1C1CC1. The minimum Gasteiger partial charge on any atom is -0.443 e.